The molecule has 1 aromatic carbocycles. The molecule has 24 heavy (non-hydrogen) atoms. The van der Waals surface area contributed by atoms with Crippen molar-refractivity contribution in [2.24, 2.45) is 0 Å². The predicted molar refractivity (Wildman–Crippen MR) is 86.0 cm³/mol. The lowest BCUT2D eigenvalue weighted by Crippen LogP contribution is -2.44. The minimum atomic E-state index is -0.237. The number of hydrogen-bond donors (Lipinski definition) is 1. The Hall–Kier alpha value is -2.44. The van der Waals surface area contributed by atoms with Crippen molar-refractivity contribution in [3.63, 3.8) is 0 Å². The first-order chi connectivity index (χ1) is 11.5. The summed E-state index contributed by atoms with van der Waals surface area (Å²) in [5.41, 5.74) is 1.45. The Morgan fingerprint density at radius 2 is 2.29 bits per heavy atom. The number of piperidine rings is 1. The molecule has 0 spiro atoms. The fourth-order valence-electron chi connectivity index (χ4n) is 2.95. The summed E-state index contributed by atoms with van der Waals surface area (Å²) < 4.78 is 18.5. The van der Waals surface area contributed by atoms with E-state index in [0.29, 0.717) is 36.9 Å². The fourth-order valence-corrected chi connectivity index (χ4v) is 2.95. The van der Waals surface area contributed by atoms with Gasteiger partial charge in [0.05, 0.1) is 5.92 Å². The van der Waals surface area contributed by atoms with Gasteiger partial charge in [-0.1, -0.05) is 17.3 Å². The van der Waals surface area contributed by atoms with E-state index in [1.807, 2.05) is 0 Å². The van der Waals surface area contributed by atoms with Crippen LogP contribution in [0.1, 0.15) is 41.6 Å². The summed E-state index contributed by atoms with van der Waals surface area (Å²) in [5, 5.41) is 6.71. The molecule has 3 rings (SSSR count). The van der Waals surface area contributed by atoms with Gasteiger partial charge in [0.2, 0.25) is 5.89 Å². The lowest BCUT2D eigenvalue weighted by molar-refractivity contribution is 0.171. The summed E-state index contributed by atoms with van der Waals surface area (Å²) in [5.74, 6) is 1.05. The summed E-state index contributed by atoms with van der Waals surface area (Å²) in [7, 11) is 0. The molecule has 128 valence electrons. The van der Waals surface area contributed by atoms with E-state index in [-0.39, 0.29) is 17.8 Å². The highest BCUT2D eigenvalue weighted by Gasteiger charge is 2.28. The van der Waals surface area contributed by atoms with Crippen LogP contribution in [0.25, 0.3) is 0 Å². The largest absolute Gasteiger partial charge is 0.339 e. The zero-order valence-electron chi connectivity index (χ0n) is 13.9. The standard InChI is InChI=1S/C17H21FN4O2/c1-11-8-13(5-6-15(11)18)9-19-17(23)22-7-3-4-14(10-22)16-20-12(2)21-24-16/h5-6,8,14H,3-4,7,9-10H2,1-2H3,(H,19,23)/t14-/m0/s1. The number of halogens is 1. The van der Waals surface area contributed by atoms with Crippen LogP contribution in [-0.2, 0) is 6.54 Å². The van der Waals surface area contributed by atoms with Gasteiger partial charge in [0.1, 0.15) is 5.82 Å². The number of carbonyl (C=O) groups is 1. The summed E-state index contributed by atoms with van der Waals surface area (Å²) in [6.07, 6.45) is 1.83. The lowest BCUT2D eigenvalue weighted by atomic mass is 9.98. The molecule has 0 radical (unpaired) electrons. The van der Waals surface area contributed by atoms with Crippen LogP contribution < -0.4 is 5.32 Å². The van der Waals surface area contributed by atoms with Gasteiger partial charge in [0.15, 0.2) is 5.82 Å². The lowest BCUT2D eigenvalue weighted by Gasteiger charge is -2.31. The van der Waals surface area contributed by atoms with E-state index in [2.05, 4.69) is 15.5 Å². The third kappa shape index (κ3) is 3.72. The predicted octanol–water partition coefficient (Wildman–Crippen LogP) is 2.91. The molecule has 1 aliphatic heterocycles. The molecule has 1 aliphatic rings. The van der Waals surface area contributed by atoms with Crippen molar-refractivity contribution in [1.29, 1.82) is 0 Å². The van der Waals surface area contributed by atoms with E-state index >= 15 is 0 Å². The van der Waals surface area contributed by atoms with Gasteiger partial charge in [-0.2, -0.15) is 4.98 Å². The topological polar surface area (TPSA) is 71.3 Å². The second-order valence-corrected chi connectivity index (χ2v) is 6.21. The highest BCUT2D eigenvalue weighted by atomic mass is 19.1. The van der Waals surface area contributed by atoms with E-state index in [1.54, 1.807) is 30.9 Å². The zero-order valence-corrected chi connectivity index (χ0v) is 13.9. The third-order valence-electron chi connectivity index (χ3n) is 4.27. The molecule has 0 bridgehead atoms. The summed E-state index contributed by atoms with van der Waals surface area (Å²) in [4.78, 5) is 18.4. The summed E-state index contributed by atoms with van der Waals surface area (Å²) in [6, 6.07) is 4.72. The van der Waals surface area contributed by atoms with E-state index in [0.717, 1.165) is 18.4 Å². The molecule has 0 saturated carbocycles. The third-order valence-corrected chi connectivity index (χ3v) is 4.27. The molecular formula is C17H21FN4O2. The Morgan fingerprint density at radius 3 is 3.00 bits per heavy atom. The normalized spacial score (nSPS) is 17.8. The van der Waals surface area contributed by atoms with Gasteiger partial charge in [0, 0.05) is 19.6 Å². The molecular weight excluding hydrogens is 311 g/mol. The van der Waals surface area contributed by atoms with Crippen LogP contribution >= 0.6 is 0 Å². The Kier molecular flexibility index (Phi) is 4.78. The molecule has 2 heterocycles. The second-order valence-electron chi connectivity index (χ2n) is 6.21. The molecule has 1 saturated heterocycles. The van der Waals surface area contributed by atoms with Gasteiger partial charge >= 0.3 is 6.03 Å². The number of hydrogen-bond acceptors (Lipinski definition) is 4. The number of aryl methyl sites for hydroxylation is 2. The Morgan fingerprint density at radius 1 is 1.46 bits per heavy atom. The number of amides is 2. The summed E-state index contributed by atoms with van der Waals surface area (Å²) >= 11 is 0. The molecule has 2 aromatic rings. The smallest absolute Gasteiger partial charge is 0.317 e. The number of likely N-dealkylation sites (tertiary alicyclic amines) is 1. The molecule has 1 fully saturated rings. The van der Waals surface area contributed by atoms with Gasteiger partial charge in [-0.15, -0.1) is 0 Å². The molecule has 1 aromatic heterocycles. The first kappa shape index (κ1) is 16.4. The first-order valence-corrected chi connectivity index (χ1v) is 8.11. The van der Waals surface area contributed by atoms with Crippen molar-refractivity contribution in [3.8, 4) is 0 Å². The van der Waals surface area contributed by atoms with Gasteiger partial charge in [-0.25, -0.2) is 9.18 Å². The SMILES string of the molecule is Cc1noc([C@H]2CCCN(C(=O)NCc3ccc(F)c(C)c3)C2)n1. The Bertz CT molecular complexity index is 731. The van der Waals surface area contributed by atoms with Crippen molar-refractivity contribution >= 4 is 6.03 Å². The van der Waals surface area contributed by atoms with Gasteiger partial charge in [0.25, 0.3) is 0 Å². The van der Waals surface area contributed by atoms with Crippen LogP contribution in [-0.4, -0.2) is 34.2 Å². The van der Waals surface area contributed by atoms with Crippen molar-refractivity contribution in [2.75, 3.05) is 13.1 Å². The van der Waals surface area contributed by atoms with Crippen LogP contribution in [0.4, 0.5) is 9.18 Å². The minimum absolute atomic E-state index is 0.0822. The quantitative estimate of drug-likeness (QED) is 0.938. The molecule has 1 atom stereocenters. The molecule has 0 aliphatic carbocycles. The molecule has 2 amide bonds. The second kappa shape index (κ2) is 6.98. The van der Waals surface area contributed by atoms with Crippen LogP contribution in [0.3, 0.4) is 0 Å². The maximum Gasteiger partial charge on any atom is 0.317 e. The molecule has 1 N–H and O–H groups in total. The van der Waals surface area contributed by atoms with Crippen molar-refractivity contribution in [1.82, 2.24) is 20.4 Å². The highest BCUT2D eigenvalue weighted by Crippen LogP contribution is 2.25. The van der Waals surface area contributed by atoms with E-state index in [4.69, 9.17) is 4.52 Å². The van der Waals surface area contributed by atoms with E-state index in [1.165, 1.54) is 6.07 Å². The Balaban J connectivity index is 1.57. The molecule has 7 heteroatoms. The Labute approximate surface area is 140 Å². The van der Waals surface area contributed by atoms with Crippen LogP contribution in [0.15, 0.2) is 22.7 Å². The van der Waals surface area contributed by atoms with Crippen molar-refractivity contribution in [2.45, 2.75) is 39.2 Å². The first-order valence-electron chi connectivity index (χ1n) is 8.11. The van der Waals surface area contributed by atoms with Crippen molar-refractivity contribution in [3.05, 3.63) is 46.9 Å². The van der Waals surface area contributed by atoms with E-state index in [9.17, 15) is 9.18 Å². The summed E-state index contributed by atoms with van der Waals surface area (Å²) in [6.45, 7) is 5.14. The van der Waals surface area contributed by atoms with E-state index < -0.39 is 0 Å². The van der Waals surface area contributed by atoms with Gasteiger partial charge in [-0.3, -0.25) is 0 Å². The number of aromatic nitrogens is 2. The van der Waals surface area contributed by atoms with Crippen LogP contribution in [0.5, 0.6) is 0 Å². The zero-order chi connectivity index (χ0) is 17.1. The minimum Gasteiger partial charge on any atom is -0.339 e. The number of urea groups is 1. The maximum atomic E-state index is 13.3. The number of benzene rings is 1. The molecule has 6 nitrogen and oxygen atoms in total. The fraction of sp³-hybridized carbons (Fsp3) is 0.471. The van der Waals surface area contributed by atoms with Gasteiger partial charge in [-0.05, 0) is 43.9 Å². The average Bonchev–Trinajstić information content (AvgIpc) is 3.02. The monoisotopic (exact) mass is 332 g/mol. The number of nitrogens with one attached hydrogen (secondary N) is 1. The van der Waals surface area contributed by atoms with Crippen LogP contribution in [0.2, 0.25) is 0 Å². The van der Waals surface area contributed by atoms with Crippen molar-refractivity contribution < 1.29 is 13.7 Å². The number of rotatable bonds is 3. The maximum absolute atomic E-state index is 13.3. The number of nitrogens with zero attached hydrogens (tertiary/aromatic N) is 3. The molecule has 0 unspecified atom stereocenters. The van der Waals surface area contributed by atoms with Gasteiger partial charge < -0.3 is 14.7 Å². The van der Waals surface area contributed by atoms with Crippen LogP contribution in [0, 0.1) is 19.7 Å². The highest BCUT2D eigenvalue weighted by molar-refractivity contribution is 5.74. The number of carbonyl (C=O) groups excluding carboxylic acids is 1. The average molecular weight is 332 g/mol.